The number of imide groups is 1. The average Bonchev–Trinajstić information content (AvgIpc) is 2.99. The molecule has 1 aliphatic heterocycles. The Morgan fingerprint density at radius 2 is 1.82 bits per heavy atom. The number of hydrogen-bond donors (Lipinski definition) is 1. The summed E-state index contributed by atoms with van der Waals surface area (Å²) in [5, 5.41) is 2.76. The molecule has 3 amide bonds. The van der Waals surface area contributed by atoms with Crippen LogP contribution < -0.4 is 15.0 Å². The number of pyridine rings is 1. The van der Waals surface area contributed by atoms with E-state index in [0.717, 1.165) is 4.90 Å². The van der Waals surface area contributed by atoms with Crippen LogP contribution in [0.1, 0.15) is 31.2 Å². The van der Waals surface area contributed by atoms with E-state index in [1.54, 1.807) is 60.7 Å². The summed E-state index contributed by atoms with van der Waals surface area (Å²) in [5.41, 5.74) is 1.55. The van der Waals surface area contributed by atoms with Gasteiger partial charge in [-0.2, -0.15) is 0 Å². The fourth-order valence-electron chi connectivity index (χ4n) is 3.05. The number of rotatable bonds is 4. The van der Waals surface area contributed by atoms with Gasteiger partial charge in [-0.3, -0.25) is 19.4 Å². The highest BCUT2D eigenvalue weighted by Gasteiger charge is 2.37. The van der Waals surface area contributed by atoms with E-state index in [-0.39, 0.29) is 17.2 Å². The van der Waals surface area contributed by atoms with Gasteiger partial charge >= 0.3 is 0 Å². The molecule has 2 aromatic carbocycles. The number of nitrogens with one attached hydrogen (secondary N) is 1. The molecule has 28 heavy (non-hydrogen) atoms. The molecule has 0 saturated heterocycles. The maximum atomic E-state index is 12.6. The number of aromatic nitrogens is 1. The molecule has 0 fully saturated rings. The first kappa shape index (κ1) is 17.4. The minimum atomic E-state index is -0.492. The molecule has 0 unspecified atom stereocenters. The highest BCUT2D eigenvalue weighted by Crippen LogP contribution is 2.29. The van der Waals surface area contributed by atoms with E-state index in [4.69, 9.17) is 4.74 Å². The Hall–Kier alpha value is -4.00. The summed E-state index contributed by atoms with van der Waals surface area (Å²) in [7, 11) is 1.49. The maximum absolute atomic E-state index is 12.6. The molecule has 7 heteroatoms. The number of para-hydroxylation sites is 1. The highest BCUT2D eigenvalue weighted by atomic mass is 16.5. The number of benzene rings is 2. The lowest BCUT2D eigenvalue weighted by Crippen LogP contribution is -2.29. The van der Waals surface area contributed by atoms with Crippen LogP contribution in [-0.4, -0.2) is 29.8 Å². The lowest BCUT2D eigenvalue weighted by atomic mass is 10.1. The van der Waals surface area contributed by atoms with Crippen molar-refractivity contribution in [2.45, 2.75) is 0 Å². The number of carbonyl (C=O) groups excluding carboxylic acids is 3. The van der Waals surface area contributed by atoms with Gasteiger partial charge in [0.15, 0.2) is 0 Å². The van der Waals surface area contributed by atoms with Crippen molar-refractivity contribution in [2.24, 2.45) is 0 Å². The predicted molar refractivity (Wildman–Crippen MR) is 103 cm³/mol. The molecule has 0 bridgehead atoms. The van der Waals surface area contributed by atoms with Gasteiger partial charge in [0.25, 0.3) is 17.7 Å². The summed E-state index contributed by atoms with van der Waals surface area (Å²) in [6.45, 7) is 0. The standard InChI is InChI=1S/C21H15N3O4/c1-28-17-10-3-2-8-15(17)19(25)23-13-6-4-7-14(12-13)24-20(26)16-9-5-11-22-18(16)21(24)27/h2-12H,1H3,(H,23,25). The smallest absolute Gasteiger partial charge is 0.284 e. The van der Waals surface area contributed by atoms with Crippen molar-refractivity contribution in [2.75, 3.05) is 17.3 Å². The van der Waals surface area contributed by atoms with Crippen LogP contribution in [0.5, 0.6) is 5.75 Å². The summed E-state index contributed by atoms with van der Waals surface area (Å²) >= 11 is 0. The Labute approximate surface area is 160 Å². The van der Waals surface area contributed by atoms with Crippen LogP contribution in [0.15, 0.2) is 66.9 Å². The molecule has 2 heterocycles. The topological polar surface area (TPSA) is 88.6 Å². The van der Waals surface area contributed by atoms with Crippen molar-refractivity contribution in [3.63, 3.8) is 0 Å². The van der Waals surface area contributed by atoms with Gasteiger partial charge in [0.1, 0.15) is 11.4 Å². The molecule has 1 aromatic heterocycles. The number of ether oxygens (including phenoxy) is 1. The zero-order valence-corrected chi connectivity index (χ0v) is 14.9. The molecule has 7 nitrogen and oxygen atoms in total. The van der Waals surface area contributed by atoms with Crippen LogP contribution in [0.4, 0.5) is 11.4 Å². The van der Waals surface area contributed by atoms with Crippen molar-refractivity contribution in [3.05, 3.63) is 83.7 Å². The fraction of sp³-hybridized carbons (Fsp3) is 0.0476. The Morgan fingerprint density at radius 3 is 2.61 bits per heavy atom. The third kappa shape index (κ3) is 2.88. The largest absolute Gasteiger partial charge is 0.496 e. The molecule has 4 rings (SSSR count). The van der Waals surface area contributed by atoms with E-state index in [1.807, 2.05) is 0 Å². The first-order valence-electron chi connectivity index (χ1n) is 8.48. The van der Waals surface area contributed by atoms with Crippen molar-refractivity contribution in [1.29, 1.82) is 0 Å². The first-order valence-corrected chi connectivity index (χ1v) is 8.48. The number of methoxy groups -OCH3 is 1. The second-order valence-electron chi connectivity index (χ2n) is 6.05. The molecule has 3 aromatic rings. The van der Waals surface area contributed by atoms with Gasteiger partial charge in [-0.15, -0.1) is 0 Å². The van der Waals surface area contributed by atoms with Crippen LogP contribution in [0.25, 0.3) is 0 Å². The van der Waals surface area contributed by atoms with E-state index in [9.17, 15) is 14.4 Å². The molecule has 0 saturated carbocycles. The molecule has 0 atom stereocenters. The second kappa shape index (κ2) is 6.96. The predicted octanol–water partition coefficient (Wildman–Crippen LogP) is 3.14. The van der Waals surface area contributed by atoms with E-state index in [0.29, 0.717) is 22.7 Å². The highest BCUT2D eigenvalue weighted by molar-refractivity contribution is 6.33. The molecule has 1 N–H and O–H groups in total. The number of anilines is 2. The van der Waals surface area contributed by atoms with Crippen LogP contribution in [0.3, 0.4) is 0 Å². The minimum absolute atomic E-state index is 0.121. The van der Waals surface area contributed by atoms with Gasteiger partial charge in [0.05, 0.1) is 23.9 Å². The normalized spacial score (nSPS) is 12.7. The molecular formula is C21H15N3O4. The monoisotopic (exact) mass is 373 g/mol. The lowest BCUT2D eigenvalue weighted by Gasteiger charge is -2.15. The summed E-state index contributed by atoms with van der Waals surface area (Å²) < 4.78 is 5.21. The summed E-state index contributed by atoms with van der Waals surface area (Å²) in [6.07, 6.45) is 1.47. The SMILES string of the molecule is COc1ccccc1C(=O)Nc1cccc(N2C(=O)c3cccnc3C2=O)c1. The van der Waals surface area contributed by atoms with E-state index < -0.39 is 11.8 Å². The van der Waals surface area contributed by atoms with Crippen LogP contribution in [-0.2, 0) is 0 Å². The van der Waals surface area contributed by atoms with Gasteiger partial charge in [-0.1, -0.05) is 18.2 Å². The van der Waals surface area contributed by atoms with Gasteiger partial charge in [-0.25, -0.2) is 4.90 Å². The van der Waals surface area contributed by atoms with Crippen molar-refractivity contribution >= 4 is 29.1 Å². The van der Waals surface area contributed by atoms with E-state index >= 15 is 0 Å². The quantitative estimate of drug-likeness (QED) is 0.710. The summed E-state index contributed by atoms with van der Waals surface area (Å²) in [5.74, 6) is -0.851. The molecule has 0 spiro atoms. The molecule has 0 radical (unpaired) electrons. The molecule has 1 aliphatic rings. The van der Waals surface area contributed by atoms with Gasteiger partial charge in [0.2, 0.25) is 0 Å². The molecular weight excluding hydrogens is 358 g/mol. The van der Waals surface area contributed by atoms with E-state index in [1.165, 1.54) is 13.3 Å². The second-order valence-corrected chi connectivity index (χ2v) is 6.05. The lowest BCUT2D eigenvalue weighted by molar-refractivity contribution is 0.0923. The van der Waals surface area contributed by atoms with Gasteiger partial charge in [0, 0.05) is 11.9 Å². The Kier molecular flexibility index (Phi) is 4.33. The zero-order valence-electron chi connectivity index (χ0n) is 14.9. The first-order chi connectivity index (χ1) is 13.6. The third-order valence-corrected chi connectivity index (χ3v) is 4.36. The van der Waals surface area contributed by atoms with Gasteiger partial charge < -0.3 is 10.1 Å². The fourth-order valence-corrected chi connectivity index (χ4v) is 3.05. The van der Waals surface area contributed by atoms with Crippen molar-refractivity contribution in [1.82, 2.24) is 4.98 Å². The maximum Gasteiger partial charge on any atom is 0.284 e. The van der Waals surface area contributed by atoms with E-state index in [2.05, 4.69) is 10.3 Å². The Bertz CT molecular complexity index is 1080. The van der Waals surface area contributed by atoms with Crippen molar-refractivity contribution < 1.29 is 19.1 Å². The number of nitrogens with zero attached hydrogens (tertiary/aromatic N) is 2. The van der Waals surface area contributed by atoms with Gasteiger partial charge in [-0.05, 0) is 42.5 Å². The number of fused-ring (bicyclic) bond motifs is 1. The van der Waals surface area contributed by atoms with Crippen LogP contribution in [0, 0.1) is 0 Å². The van der Waals surface area contributed by atoms with Crippen molar-refractivity contribution in [3.8, 4) is 5.75 Å². The molecule has 138 valence electrons. The third-order valence-electron chi connectivity index (χ3n) is 4.36. The zero-order chi connectivity index (χ0) is 19.7. The number of hydrogen-bond acceptors (Lipinski definition) is 5. The minimum Gasteiger partial charge on any atom is -0.496 e. The average molecular weight is 373 g/mol. The van der Waals surface area contributed by atoms with Crippen LogP contribution >= 0.6 is 0 Å². The summed E-state index contributed by atoms with van der Waals surface area (Å²) in [6, 6.07) is 16.5. The number of carbonyl (C=O) groups is 3. The number of amides is 3. The molecule has 0 aliphatic carbocycles. The Morgan fingerprint density at radius 1 is 1.00 bits per heavy atom. The van der Waals surface area contributed by atoms with Crippen LogP contribution in [0.2, 0.25) is 0 Å². The summed E-state index contributed by atoms with van der Waals surface area (Å²) in [4.78, 5) is 42.8. The Balaban J connectivity index is 1.62.